The molecule has 1 amide bonds. The van der Waals surface area contributed by atoms with E-state index in [1.807, 2.05) is 18.2 Å². The fraction of sp³-hybridized carbons (Fsp3) is 0.391. The van der Waals surface area contributed by atoms with Crippen molar-refractivity contribution in [1.82, 2.24) is 5.43 Å². The highest BCUT2D eigenvalue weighted by molar-refractivity contribution is 9.10. The van der Waals surface area contributed by atoms with E-state index in [-0.39, 0.29) is 18.0 Å². The summed E-state index contributed by atoms with van der Waals surface area (Å²) in [5.41, 5.74) is 4.75. The van der Waals surface area contributed by atoms with Gasteiger partial charge in [-0.2, -0.15) is 5.10 Å². The summed E-state index contributed by atoms with van der Waals surface area (Å²) in [5, 5.41) is 3.91. The average molecular weight is 476 g/mol. The van der Waals surface area contributed by atoms with Crippen molar-refractivity contribution in [2.45, 2.75) is 45.6 Å². The van der Waals surface area contributed by atoms with Crippen molar-refractivity contribution < 1.29 is 13.9 Å². The first kappa shape index (κ1) is 22.3. The molecule has 3 rings (SSSR count). The molecule has 1 aliphatic rings. The lowest BCUT2D eigenvalue weighted by atomic mass is 9.79. The zero-order chi connectivity index (χ0) is 21.9. The SMILES string of the molecule is CCN1c2cc(F)c(/C=N/NC(=O)COc3cccc(Br)c3)cc2C(C)CC1(C)C. The fourth-order valence-corrected chi connectivity index (χ4v) is 4.51. The summed E-state index contributed by atoms with van der Waals surface area (Å²) in [5.74, 6) is 0.0951. The number of hydrogen-bond acceptors (Lipinski definition) is 4. The van der Waals surface area contributed by atoms with Crippen LogP contribution in [0.4, 0.5) is 10.1 Å². The van der Waals surface area contributed by atoms with Crippen LogP contribution >= 0.6 is 15.9 Å². The van der Waals surface area contributed by atoms with E-state index in [2.05, 4.69) is 59.1 Å². The Morgan fingerprint density at radius 2 is 2.17 bits per heavy atom. The molecular weight excluding hydrogens is 449 g/mol. The number of hydrazone groups is 1. The first-order chi connectivity index (χ1) is 14.2. The predicted octanol–water partition coefficient (Wildman–Crippen LogP) is 5.23. The van der Waals surface area contributed by atoms with Gasteiger partial charge in [0.05, 0.1) is 6.21 Å². The molecular formula is C23H27BrFN3O2. The molecule has 30 heavy (non-hydrogen) atoms. The molecule has 0 spiro atoms. The molecule has 7 heteroatoms. The fourth-order valence-electron chi connectivity index (χ4n) is 4.13. The quantitative estimate of drug-likeness (QED) is 0.459. The Balaban J connectivity index is 1.67. The Bertz CT molecular complexity index is 961. The summed E-state index contributed by atoms with van der Waals surface area (Å²) in [4.78, 5) is 14.2. The Morgan fingerprint density at radius 3 is 2.87 bits per heavy atom. The highest BCUT2D eigenvalue weighted by Crippen LogP contribution is 2.43. The van der Waals surface area contributed by atoms with E-state index in [0.29, 0.717) is 17.2 Å². The number of fused-ring (bicyclic) bond motifs is 1. The monoisotopic (exact) mass is 475 g/mol. The summed E-state index contributed by atoms with van der Waals surface area (Å²) in [6, 6.07) is 10.6. The van der Waals surface area contributed by atoms with Crippen LogP contribution in [0, 0.1) is 5.82 Å². The highest BCUT2D eigenvalue weighted by Gasteiger charge is 2.36. The van der Waals surface area contributed by atoms with Crippen molar-refractivity contribution in [3.63, 3.8) is 0 Å². The zero-order valence-corrected chi connectivity index (χ0v) is 19.3. The summed E-state index contributed by atoms with van der Waals surface area (Å²) in [7, 11) is 0. The molecule has 1 heterocycles. The molecule has 0 aromatic heterocycles. The lowest BCUT2D eigenvalue weighted by molar-refractivity contribution is -0.123. The second-order valence-corrected chi connectivity index (χ2v) is 9.05. The van der Waals surface area contributed by atoms with Crippen LogP contribution in [0.3, 0.4) is 0 Å². The van der Waals surface area contributed by atoms with Gasteiger partial charge in [0.15, 0.2) is 6.61 Å². The van der Waals surface area contributed by atoms with Gasteiger partial charge in [-0.25, -0.2) is 9.82 Å². The van der Waals surface area contributed by atoms with Crippen LogP contribution in [0.1, 0.15) is 51.2 Å². The summed E-state index contributed by atoms with van der Waals surface area (Å²) in [6.07, 6.45) is 2.33. The van der Waals surface area contributed by atoms with Crippen molar-refractivity contribution in [2.24, 2.45) is 5.10 Å². The van der Waals surface area contributed by atoms with E-state index in [4.69, 9.17) is 4.74 Å². The van der Waals surface area contributed by atoms with Gasteiger partial charge in [-0.15, -0.1) is 0 Å². The lowest BCUT2D eigenvalue weighted by Crippen LogP contribution is -2.48. The molecule has 1 unspecified atom stereocenters. The number of benzene rings is 2. The van der Waals surface area contributed by atoms with Gasteiger partial charge in [0.1, 0.15) is 11.6 Å². The molecule has 1 N–H and O–H groups in total. The number of carbonyl (C=O) groups excluding carboxylic acids is 1. The van der Waals surface area contributed by atoms with Gasteiger partial charge in [0.25, 0.3) is 5.91 Å². The molecule has 1 aliphatic heterocycles. The summed E-state index contributed by atoms with van der Waals surface area (Å²) in [6.45, 7) is 9.25. The van der Waals surface area contributed by atoms with Crippen molar-refractivity contribution >= 4 is 33.7 Å². The van der Waals surface area contributed by atoms with Gasteiger partial charge in [-0.3, -0.25) is 4.79 Å². The average Bonchev–Trinajstić information content (AvgIpc) is 2.67. The van der Waals surface area contributed by atoms with E-state index >= 15 is 0 Å². The minimum atomic E-state index is -0.420. The molecule has 0 saturated heterocycles. The molecule has 0 fully saturated rings. The Hall–Kier alpha value is -2.41. The number of nitrogens with one attached hydrogen (secondary N) is 1. The molecule has 160 valence electrons. The lowest BCUT2D eigenvalue weighted by Gasteiger charge is -2.47. The van der Waals surface area contributed by atoms with Crippen LogP contribution in [0.25, 0.3) is 0 Å². The maximum Gasteiger partial charge on any atom is 0.277 e. The molecule has 5 nitrogen and oxygen atoms in total. The number of nitrogens with zero attached hydrogens (tertiary/aromatic N) is 2. The minimum Gasteiger partial charge on any atom is -0.484 e. The van der Waals surface area contributed by atoms with Crippen molar-refractivity contribution in [2.75, 3.05) is 18.1 Å². The summed E-state index contributed by atoms with van der Waals surface area (Å²) >= 11 is 3.35. The third kappa shape index (κ3) is 5.01. The molecule has 0 radical (unpaired) electrons. The van der Waals surface area contributed by atoms with Crippen molar-refractivity contribution in [3.8, 4) is 5.75 Å². The number of ether oxygens (including phenoxy) is 1. The van der Waals surface area contributed by atoms with Gasteiger partial charge in [-0.1, -0.05) is 28.9 Å². The van der Waals surface area contributed by atoms with Crippen LogP contribution in [0.15, 0.2) is 46.0 Å². The largest absolute Gasteiger partial charge is 0.484 e. The van der Waals surface area contributed by atoms with Crippen LogP contribution in [-0.4, -0.2) is 30.8 Å². The molecule has 2 aromatic carbocycles. The van der Waals surface area contributed by atoms with Gasteiger partial charge in [-0.05, 0) is 69.0 Å². The smallest absolute Gasteiger partial charge is 0.277 e. The maximum absolute atomic E-state index is 14.7. The zero-order valence-electron chi connectivity index (χ0n) is 17.7. The standard InChI is InChI=1S/C23H27BrFN3O2/c1-5-28-21-11-20(25)16(9-19(21)15(2)12-23(28,3)4)13-26-27-22(29)14-30-18-8-6-7-17(24)10-18/h6-11,13,15H,5,12,14H2,1-4H3,(H,27,29)/b26-13+. The predicted molar refractivity (Wildman–Crippen MR) is 122 cm³/mol. The molecule has 0 aliphatic carbocycles. The third-order valence-corrected chi connectivity index (χ3v) is 5.87. The number of halogens is 2. The topological polar surface area (TPSA) is 53.9 Å². The van der Waals surface area contributed by atoms with E-state index in [0.717, 1.165) is 28.7 Å². The van der Waals surface area contributed by atoms with Crippen LogP contribution in [0.5, 0.6) is 5.75 Å². The second kappa shape index (κ2) is 9.16. The normalized spacial score (nSPS) is 17.7. The van der Waals surface area contributed by atoms with Gasteiger partial charge in [0.2, 0.25) is 0 Å². The van der Waals surface area contributed by atoms with Gasteiger partial charge >= 0.3 is 0 Å². The van der Waals surface area contributed by atoms with Crippen LogP contribution in [0.2, 0.25) is 0 Å². The number of anilines is 1. The minimum absolute atomic E-state index is 0.0223. The summed E-state index contributed by atoms with van der Waals surface area (Å²) < 4.78 is 21.0. The van der Waals surface area contributed by atoms with E-state index in [1.54, 1.807) is 18.2 Å². The Labute approximate surface area is 185 Å². The van der Waals surface area contributed by atoms with Crippen LogP contribution in [-0.2, 0) is 4.79 Å². The highest BCUT2D eigenvalue weighted by atomic mass is 79.9. The molecule has 0 bridgehead atoms. The molecule has 2 aromatic rings. The number of hydrogen-bond donors (Lipinski definition) is 1. The molecule has 1 atom stereocenters. The number of rotatable bonds is 6. The third-order valence-electron chi connectivity index (χ3n) is 5.38. The second-order valence-electron chi connectivity index (χ2n) is 8.13. The maximum atomic E-state index is 14.7. The Kier molecular flexibility index (Phi) is 6.81. The van der Waals surface area contributed by atoms with Crippen LogP contribution < -0.4 is 15.1 Å². The Morgan fingerprint density at radius 1 is 1.40 bits per heavy atom. The first-order valence-electron chi connectivity index (χ1n) is 10.0. The van der Waals surface area contributed by atoms with Gasteiger partial charge in [0, 0.05) is 27.8 Å². The van der Waals surface area contributed by atoms with E-state index < -0.39 is 5.91 Å². The first-order valence-corrected chi connectivity index (χ1v) is 10.8. The number of carbonyl (C=O) groups is 1. The number of amides is 1. The van der Waals surface area contributed by atoms with Crippen molar-refractivity contribution in [1.29, 1.82) is 0 Å². The van der Waals surface area contributed by atoms with E-state index in [9.17, 15) is 9.18 Å². The van der Waals surface area contributed by atoms with Gasteiger partial charge < -0.3 is 9.64 Å². The molecule has 0 saturated carbocycles. The van der Waals surface area contributed by atoms with Crippen molar-refractivity contribution in [3.05, 3.63) is 57.8 Å². The van der Waals surface area contributed by atoms with E-state index in [1.165, 1.54) is 6.21 Å².